The van der Waals surface area contributed by atoms with Gasteiger partial charge in [-0.2, -0.15) is 0 Å². The van der Waals surface area contributed by atoms with Gasteiger partial charge in [-0.3, -0.25) is 19.3 Å². The van der Waals surface area contributed by atoms with E-state index in [0.717, 1.165) is 12.0 Å². The van der Waals surface area contributed by atoms with E-state index in [0.29, 0.717) is 29.8 Å². The van der Waals surface area contributed by atoms with Crippen LogP contribution in [-0.4, -0.2) is 22.6 Å². The summed E-state index contributed by atoms with van der Waals surface area (Å²) >= 11 is 0. The molecule has 1 aliphatic rings. The molecule has 0 unspecified atom stereocenters. The summed E-state index contributed by atoms with van der Waals surface area (Å²) in [5, 5.41) is 2.77. The molecular weight excluding hydrogens is 354 g/mol. The second-order valence-corrected chi connectivity index (χ2v) is 7.63. The van der Waals surface area contributed by atoms with E-state index in [1.165, 1.54) is 4.90 Å². The summed E-state index contributed by atoms with van der Waals surface area (Å²) in [6, 6.07) is 13.9. The van der Waals surface area contributed by atoms with Crippen molar-refractivity contribution in [1.29, 1.82) is 0 Å². The van der Waals surface area contributed by atoms with Gasteiger partial charge in [-0.05, 0) is 41.7 Å². The monoisotopic (exact) mass is 379 g/mol. The molecule has 0 bridgehead atoms. The van der Waals surface area contributed by atoms with Crippen LogP contribution in [0.5, 0.6) is 0 Å². The predicted molar refractivity (Wildman–Crippen MR) is 108 cm³/mol. The number of amides is 3. The number of nitrogens with two attached hydrogens (primary N) is 1. The molecule has 0 atom stereocenters. The van der Waals surface area contributed by atoms with Crippen molar-refractivity contribution in [3.05, 3.63) is 59.7 Å². The first-order chi connectivity index (χ1) is 13.3. The van der Waals surface area contributed by atoms with Gasteiger partial charge in [0.2, 0.25) is 11.8 Å². The molecule has 1 saturated heterocycles. The molecule has 0 saturated carbocycles. The largest absolute Gasteiger partial charge is 0.397 e. The van der Waals surface area contributed by atoms with Crippen LogP contribution < -0.4 is 11.1 Å². The van der Waals surface area contributed by atoms with E-state index in [9.17, 15) is 14.4 Å². The van der Waals surface area contributed by atoms with E-state index in [2.05, 4.69) is 5.32 Å². The van der Waals surface area contributed by atoms with E-state index < -0.39 is 0 Å². The molecule has 6 heteroatoms. The van der Waals surface area contributed by atoms with Gasteiger partial charge in [0.25, 0.3) is 5.91 Å². The van der Waals surface area contributed by atoms with E-state index in [-0.39, 0.29) is 29.7 Å². The summed E-state index contributed by atoms with van der Waals surface area (Å²) in [4.78, 5) is 38.6. The third kappa shape index (κ3) is 4.22. The van der Waals surface area contributed by atoms with Crippen molar-refractivity contribution in [2.75, 3.05) is 11.1 Å². The lowest BCUT2D eigenvalue weighted by Crippen LogP contribution is -2.46. The molecule has 0 aliphatic carbocycles. The first-order valence-electron chi connectivity index (χ1n) is 9.39. The van der Waals surface area contributed by atoms with E-state index >= 15 is 0 Å². The Morgan fingerprint density at radius 2 is 1.68 bits per heavy atom. The zero-order valence-electron chi connectivity index (χ0n) is 16.2. The molecule has 3 amide bonds. The molecule has 0 spiro atoms. The molecule has 146 valence electrons. The van der Waals surface area contributed by atoms with Crippen LogP contribution in [0.25, 0.3) is 0 Å². The first kappa shape index (κ1) is 19.6. The molecule has 1 heterocycles. The fourth-order valence-corrected chi connectivity index (χ4v) is 3.30. The average molecular weight is 379 g/mol. The maximum Gasteiger partial charge on any atom is 0.255 e. The van der Waals surface area contributed by atoms with E-state index in [4.69, 9.17) is 5.73 Å². The van der Waals surface area contributed by atoms with Crippen molar-refractivity contribution in [3.63, 3.8) is 0 Å². The van der Waals surface area contributed by atoms with Gasteiger partial charge < -0.3 is 11.1 Å². The minimum absolute atomic E-state index is 0.137. The highest BCUT2D eigenvalue weighted by molar-refractivity contribution is 6.05. The highest BCUT2D eigenvalue weighted by Gasteiger charge is 2.39. The topological polar surface area (TPSA) is 92.5 Å². The number of nitrogens with zero attached hydrogens (tertiary/aromatic N) is 1. The van der Waals surface area contributed by atoms with Gasteiger partial charge in [0.1, 0.15) is 0 Å². The molecule has 28 heavy (non-hydrogen) atoms. The van der Waals surface area contributed by atoms with Crippen LogP contribution in [-0.2, 0) is 16.1 Å². The van der Waals surface area contributed by atoms with Gasteiger partial charge in [0.05, 0.1) is 17.9 Å². The van der Waals surface area contributed by atoms with Crippen LogP contribution in [0.3, 0.4) is 0 Å². The third-order valence-electron chi connectivity index (χ3n) is 5.38. The number of carbonyl (C=O) groups excluding carboxylic acids is 3. The van der Waals surface area contributed by atoms with Gasteiger partial charge in [-0.1, -0.05) is 38.1 Å². The smallest absolute Gasteiger partial charge is 0.255 e. The molecule has 2 aromatic rings. The number of imide groups is 1. The zero-order valence-corrected chi connectivity index (χ0v) is 16.2. The molecule has 1 fully saturated rings. The quantitative estimate of drug-likeness (QED) is 0.613. The summed E-state index contributed by atoms with van der Waals surface area (Å²) in [5.41, 5.74) is 7.93. The summed E-state index contributed by atoms with van der Waals surface area (Å²) in [6.45, 7) is 4.21. The number of likely N-dealkylation sites (tertiary alicyclic amines) is 1. The minimum atomic E-state index is -0.270. The number of piperidine rings is 1. The number of hydrogen-bond donors (Lipinski definition) is 2. The first-order valence-corrected chi connectivity index (χ1v) is 9.39. The lowest BCUT2D eigenvalue weighted by atomic mass is 9.77. The summed E-state index contributed by atoms with van der Waals surface area (Å²) in [5.74, 6) is -0.544. The summed E-state index contributed by atoms with van der Waals surface area (Å²) in [7, 11) is 0. The molecule has 0 aromatic heterocycles. The second-order valence-electron chi connectivity index (χ2n) is 7.63. The van der Waals surface area contributed by atoms with Crippen molar-refractivity contribution in [3.8, 4) is 0 Å². The Kier molecular flexibility index (Phi) is 5.49. The van der Waals surface area contributed by atoms with Gasteiger partial charge >= 0.3 is 0 Å². The number of rotatable bonds is 5. The molecule has 6 nitrogen and oxygen atoms in total. The highest BCUT2D eigenvalue weighted by Crippen LogP contribution is 2.35. The number of para-hydroxylation sites is 2. The highest BCUT2D eigenvalue weighted by atomic mass is 16.2. The summed E-state index contributed by atoms with van der Waals surface area (Å²) < 4.78 is 0. The summed E-state index contributed by atoms with van der Waals surface area (Å²) in [6.07, 6.45) is 1.57. The fraction of sp³-hybridized carbons (Fsp3) is 0.318. The number of hydrogen-bond acceptors (Lipinski definition) is 4. The lowest BCUT2D eigenvalue weighted by molar-refractivity contribution is -0.153. The Morgan fingerprint density at radius 3 is 2.25 bits per heavy atom. The van der Waals surface area contributed by atoms with Crippen molar-refractivity contribution in [1.82, 2.24) is 4.90 Å². The predicted octanol–water partition coefficient (Wildman–Crippen LogP) is 3.59. The Hall–Kier alpha value is -3.15. The molecule has 2 aromatic carbocycles. The Balaban J connectivity index is 1.66. The zero-order chi connectivity index (χ0) is 20.3. The SMILES string of the molecule is CCC1(C)CC(=O)N(Cc2ccc(C(=O)Nc3ccccc3N)cc2)C(=O)C1. The van der Waals surface area contributed by atoms with Crippen LogP contribution in [0.2, 0.25) is 0 Å². The van der Waals surface area contributed by atoms with Gasteiger partial charge in [-0.15, -0.1) is 0 Å². The Bertz CT molecular complexity index is 887. The number of nitrogen functional groups attached to an aromatic ring is 1. The second kappa shape index (κ2) is 7.84. The standard InChI is InChI=1S/C22H25N3O3/c1-3-22(2)12-19(26)25(20(27)13-22)14-15-8-10-16(11-9-15)21(28)24-18-7-5-4-6-17(18)23/h4-11H,3,12-14,23H2,1-2H3,(H,24,28). The minimum Gasteiger partial charge on any atom is -0.397 e. The Morgan fingerprint density at radius 1 is 1.07 bits per heavy atom. The molecular formula is C22H25N3O3. The fourth-order valence-electron chi connectivity index (χ4n) is 3.30. The van der Waals surface area contributed by atoms with Crippen molar-refractivity contribution < 1.29 is 14.4 Å². The number of nitrogens with one attached hydrogen (secondary N) is 1. The van der Waals surface area contributed by atoms with Crippen LogP contribution in [0, 0.1) is 5.41 Å². The van der Waals surface area contributed by atoms with Crippen LogP contribution >= 0.6 is 0 Å². The van der Waals surface area contributed by atoms with Gasteiger partial charge in [-0.25, -0.2) is 0 Å². The lowest BCUT2D eigenvalue weighted by Gasteiger charge is -2.36. The third-order valence-corrected chi connectivity index (χ3v) is 5.38. The van der Waals surface area contributed by atoms with Crippen molar-refractivity contribution >= 4 is 29.1 Å². The molecule has 1 aliphatic heterocycles. The average Bonchev–Trinajstić information content (AvgIpc) is 2.67. The van der Waals surface area contributed by atoms with Crippen LogP contribution in [0.4, 0.5) is 11.4 Å². The van der Waals surface area contributed by atoms with Crippen LogP contribution in [0.15, 0.2) is 48.5 Å². The number of benzene rings is 2. The van der Waals surface area contributed by atoms with E-state index in [1.54, 1.807) is 48.5 Å². The Labute approximate surface area is 164 Å². The van der Waals surface area contributed by atoms with Gasteiger partial charge in [0, 0.05) is 18.4 Å². The van der Waals surface area contributed by atoms with E-state index in [1.807, 2.05) is 13.8 Å². The molecule has 3 rings (SSSR count). The number of carbonyl (C=O) groups is 3. The van der Waals surface area contributed by atoms with Crippen molar-refractivity contribution in [2.45, 2.75) is 39.7 Å². The van der Waals surface area contributed by atoms with Gasteiger partial charge in [0.15, 0.2) is 0 Å². The molecule has 0 radical (unpaired) electrons. The maximum atomic E-state index is 12.4. The van der Waals surface area contributed by atoms with Crippen molar-refractivity contribution in [2.24, 2.45) is 5.41 Å². The maximum absolute atomic E-state index is 12.4. The normalized spacial score (nSPS) is 16.1. The molecule has 3 N–H and O–H groups in total. The number of anilines is 2. The van der Waals surface area contributed by atoms with Crippen LogP contribution in [0.1, 0.15) is 49.0 Å².